The lowest BCUT2D eigenvalue weighted by atomic mass is 10.0. The van der Waals surface area contributed by atoms with Gasteiger partial charge in [0.15, 0.2) is 0 Å². The summed E-state index contributed by atoms with van der Waals surface area (Å²) in [7, 11) is 0. The summed E-state index contributed by atoms with van der Waals surface area (Å²) in [6, 6.07) is 6.65. The van der Waals surface area contributed by atoms with E-state index in [1.807, 2.05) is 18.3 Å². The minimum Gasteiger partial charge on any atom is -0.393 e. The number of rotatable bonds is 6. The first kappa shape index (κ1) is 15.3. The van der Waals surface area contributed by atoms with E-state index in [2.05, 4.69) is 35.1 Å². The lowest BCUT2D eigenvalue weighted by Gasteiger charge is -2.33. The van der Waals surface area contributed by atoms with Crippen molar-refractivity contribution in [3.05, 3.63) is 24.4 Å². The SMILES string of the molecule is CC(C)C(O)CCNC1CCN(c2ccccn2)CC1. The molecule has 0 amide bonds. The van der Waals surface area contributed by atoms with Crippen LogP contribution in [0.25, 0.3) is 0 Å². The second kappa shape index (κ2) is 7.60. The average Bonchev–Trinajstić information content (AvgIpc) is 2.48. The lowest BCUT2D eigenvalue weighted by Crippen LogP contribution is -2.43. The number of aromatic nitrogens is 1. The van der Waals surface area contributed by atoms with Gasteiger partial charge in [-0.05, 0) is 43.9 Å². The van der Waals surface area contributed by atoms with Gasteiger partial charge in [0.05, 0.1) is 6.10 Å². The average molecular weight is 277 g/mol. The molecule has 0 bridgehead atoms. The van der Waals surface area contributed by atoms with Crippen molar-refractivity contribution in [1.29, 1.82) is 0 Å². The van der Waals surface area contributed by atoms with E-state index in [1.165, 1.54) is 0 Å². The molecule has 0 radical (unpaired) electrons. The Kier molecular flexibility index (Phi) is 5.80. The largest absolute Gasteiger partial charge is 0.393 e. The molecule has 0 spiro atoms. The molecule has 0 aromatic carbocycles. The van der Waals surface area contributed by atoms with Gasteiger partial charge in [-0.25, -0.2) is 4.98 Å². The van der Waals surface area contributed by atoms with E-state index in [0.29, 0.717) is 12.0 Å². The van der Waals surface area contributed by atoms with Crippen molar-refractivity contribution in [3.8, 4) is 0 Å². The molecule has 2 N–H and O–H groups in total. The summed E-state index contributed by atoms with van der Waals surface area (Å²) in [6.45, 7) is 7.16. The molecule has 0 saturated carbocycles. The second-order valence-electron chi connectivity index (χ2n) is 6.00. The highest BCUT2D eigenvalue weighted by Gasteiger charge is 2.19. The summed E-state index contributed by atoms with van der Waals surface area (Å²) >= 11 is 0. The van der Waals surface area contributed by atoms with E-state index in [4.69, 9.17) is 0 Å². The van der Waals surface area contributed by atoms with E-state index in [0.717, 1.165) is 44.7 Å². The number of piperidine rings is 1. The molecule has 4 nitrogen and oxygen atoms in total. The standard InChI is InChI=1S/C16H27N3O/c1-13(2)15(20)6-10-17-14-7-11-19(12-8-14)16-5-3-4-9-18-16/h3-5,9,13-15,17,20H,6-8,10-12H2,1-2H3. The number of anilines is 1. The molecule has 1 aromatic heterocycles. The van der Waals surface area contributed by atoms with Crippen LogP contribution in [0, 0.1) is 5.92 Å². The maximum absolute atomic E-state index is 9.79. The molecule has 1 atom stereocenters. The van der Waals surface area contributed by atoms with Crippen LogP contribution in [-0.2, 0) is 0 Å². The van der Waals surface area contributed by atoms with Crippen molar-refractivity contribution in [2.24, 2.45) is 5.92 Å². The molecule has 1 aromatic rings. The fraction of sp³-hybridized carbons (Fsp3) is 0.688. The quantitative estimate of drug-likeness (QED) is 0.835. The zero-order chi connectivity index (χ0) is 14.4. The Balaban J connectivity index is 1.67. The summed E-state index contributed by atoms with van der Waals surface area (Å²) in [5, 5.41) is 13.4. The maximum Gasteiger partial charge on any atom is 0.128 e. The fourth-order valence-electron chi connectivity index (χ4n) is 2.62. The minimum atomic E-state index is -0.184. The lowest BCUT2D eigenvalue weighted by molar-refractivity contribution is 0.114. The molecule has 1 aliphatic heterocycles. The third kappa shape index (κ3) is 4.46. The Hall–Kier alpha value is -1.13. The molecule has 0 aliphatic carbocycles. The van der Waals surface area contributed by atoms with Gasteiger partial charge in [0.1, 0.15) is 5.82 Å². The molecular weight excluding hydrogens is 250 g/mol. The molecule has 20 heavy (non-hydrogen) atoms. The zero-order valence-electron chi connectivity index (χ0n) is 12.6. The number of nitrogens with zero attached hydrogens (tertiary/aromatic N) is 2. The van der Waals surface area contributed by atoms with Crippen molar-refractivity contribution >= 4 is 5.82 Å². The Labute approximate surface area is 122 Å². The first-order valence-corrected chi connectivity index (χ1v) is 7.74. The topological polar surface area (TPSA) is 48.4 Å². The van der Waals surface area contributed by atoms with Crippen molar-refractivity contribution < 1.29 is 5.11 Å². The van der Waals surface area contributed by atoms with Gasteiger partial charge in [-0.1, -0.05) is 19.9 Å². The van der Waals surface area contributed by atoms with Crippen molar-refractivity contribution in [1.82, 2.24) is 10.3 Å². The van der Waals surface area contributed by atoms with Crippen molar-refractivity contribution in [2.75, 3.05) is 24.5 Å². The van der Waals surface area contributed by atoms with E-state index in [-0.39, 0.29) is 6.10 Å². The Bertz CT molecular complexity index is 375. The van der Waals surface area contributed by atoms with E-state index >= 15 is 0 Å². The molecule has 2 heterocycles. The van der Waals surface area contributed by atoms with Gasteiger partial charge in [0, 0.05) is 25.3 Å². The number of aliphatic hydroxyl groups excluding tert-OH is 1. The first-order chi connectivity index (χ1) is 9.66. The number of pyridine rings is 1. The first-order valence-electron chi connectivity index (χ1n) is 7.74. The van der Waals surface area contributed by atoms with Gasteiger partial charge in [0.2, 0.25) is 0 Å². The molecule has 1 unspecified atom stereocenters. The number of nitrogens with one attached hydrogen (secondary N) is 1. The van der Waals surface area contributed by atoms with Gasteiger partial charge in [-0.2, -0.15) is 0 Å². The highest BCUT2D eigenvalue weighted by atomic mass is 16.3. The highest BCUT2D eigenvalue weighted by molar-refractivity contribution is 5.38. The molecular formula is C16H27N3O. The Morgan fingerprint density at radius 2 is 2.10 bits per heavy atom. The monoisotopic (exact) mass is 277 g/mol. The van der Waals surface area contributed by atoms with Crippen molar-refractivity contribution in [2.45, 2.75) is 45.3 Å². The molecule has 1 saturated heterocycles. The van der Waals surface area contributed by atoms with Crippen LogP contribution in [0.1, 0.15) is 33.1 Å². The Morgan fingerprint density at radius 1 is 1.35 bits per heavy atom. The second-order valence-corrected chi connectivity index (χ2v) is 6.00. The summed E-state index contributed by atoms with van der Waals surface area (Å²) in [5.41, 5.74) is 0. The summed E-state index contributed by atoms with van der Waals surface area (Å²) in [6.07, 6.45) is 4.81. The number of hydrogen-bond acceptors (Lipinski definition) is 4. The van der Waals surface area contributed by atoms with Gasteiger partial charge in [-0.15, -0.1) is 0 Å². The van der Waals surface area contributed by atoms with Gasteiger partial charge < -0.3 is 15.3 Å². The van der Waals surface area contributed by atoms with Crippen LogP contribution in [0.3, 0.4) is 0 Å². The maximum atomic E-state index is 9.79. The summed E-state index contributed by atoms with van der Waals surface area (Å²) in [4.78, 5) is 6.75. The zero-order valence-corrected chi connectivity index (χ0v) is 12.6. The highest BCUT2D eigenvalue weighted by Crippen LogP contribution is 2.17. The van der Waals surface area contributed by atoms with Crippen LogP contribution in [0.2, 0.25) is 0 Å². The van der Waals surface area contributed by atoms with E-state index < -0.39 is 0 Å². The normalized spacial score (nSPS) is 18.5. The predicted octanol–water partition coefficient (Wildman–Crippen LogP) is 2.05. The summed E-state index contributed by atoms with van der Waals surface area (Å²) < 4.78 is 0. The fourth-order valence-corrected chi connectivity index (χ4v) is 2.62. The third-order valence-corrected chi connectivity index (χ3v) is 4.11. The molecule has 1 aliphatic rings. The molecule has 112 valence electrons. The predicted molar refractivity (Wildman–Crippen MR) is 82.9 cm³/mol. The smallest absolute Gasteiger partial charge is 0.128 e. The Morgan fingerprint density at radius 3 is 2.70 bits per heavy atom. The van der Waals surface area contributed by atoms with Crippen LogP contribution in [0.5, 0.6) is 0 Å². The van der Waals surface area contributed by atoms with Crippen LogP contribution >= 0.6 is 0 Å². The van der Waals surface area contributed by atoms with Gasteiger partial charge >= 0.3 is 0 Å². The van der Waals surface area contributed by atoms with Crippen LogP contribution < -0.4 is 10.2 Å². The molecule has 2 rings (SSSR count). The van der Waals surface area contributed by atoms with Gasteiger partial charge in [-0.3, -0.25) is 0 Å². The molecule has 4 heteroatoms. The van der Waals surface area contributed by atoms with Crippen molar-refractivity contribution in [3.63, 3.8) is 0 Å². The van der Waals surface area contributed by atoms with Gasteiger partial charge in [0.25, 0.3) is 0 Å². The van der Waals surface area contributed by atoms with Crippen LogP contribution in [-0.4, -0.2) is 41.9 Å². The van der Waals surface area contributed by atoms with Crippen LogP contribution in [0.4, 0.5) is 5.82 Å². The molecule has 1 fully saturated rings. The minimum absolute atomic E-state index is 0.184. The summed E-state index contributed by atoms with van der Waals surface area (Å²) in [5.74, 6) is 1.43. The van der Waals surface area contributed by atoms with Crippen LogP contribution in [0.15, 0.2) is 24.4 Å². The number of aliphatic hydroxyl groups is 1. The number of hydrogen-bond donors (Lipinski definition) is 2. The third-order valence-electron chi connectivity index (χ3n) is 4.11. The van der Waals surface area contributed by atoms with E-state index in [9.17, 15) is 5.11 Å². The van der Waals surface area contributed by atoms with E-state index in [1.54, 1.807) is 0 Å².